The Balaban J connectivity index is 1.35. The fourth-order valence-electron chi connectivity index (χ4n) is 5.73. The summed E-state index contributed by atoms with van der Waals surface area (Å²) >= 11 is 0. The molecule has 0 spiro atoms. The third-order valence-corrected chi connectivity index (χ3v) is 9.31. The van der Waals surface area contributed by atoms with E-state index in [2.05, 4.69) is 0 Å². The van der Waals surface area contributed by atoms with Crippen LogP contribution in [0.25, 0.3) is 0 Å². The molecule has 0 aromatic heterocycles. The summed E-state index contributed by atoms with van der Waals surface area (Å²) in [4.78, 5) is 30.0. The van der Waals surface area contributed by atoms with Crippen molar-refractivity contribution in [2.24, 2.45) is 5.92 Å². The predicted molar refractivity (Wildman–Crippen MR) is 117 cm³/mol. The van der Waals surface area contributed by atoms with Crippen LogP contribution in [0.2, 0.25) is 0 Å². The van der Waals surface area contributed by atoms with Crippen LogP contribution in [0.3, 0.4) is 0 Å². The minimum Gasteiger partial charge on any atom is -0.339 e. The van der Waals surface area contributed by atoms with E-state index in [1.165, 1.54) is 0 Å². The molecule has 1 unspecified atom stereocenters. The average molecular weight is 446 g/mol. The maximum absolute atomic E-state index is 13.4. The maximum atomic E-state index is 13.4. The number of hydrogen-bond acceptors (Lipinski definition) is 4. The first kappa shape index (κ1) is 20.9. The molecule has 0 bridgehead atoms. The van der Waals surface area contributed by atoms with Gasteiger partial charge in [0.25, 0.3) is 0 Å². The van der Waals surface area contributed by atoms with Gasteiger partial charge >= 0.3 is 0 Å². The summed E-state index contributed by atoms with van der Waals surface area (Å²) in [5.41, 5.74) is 1.72. The van der Waals surface area contributed by atoms with E-state index < -0.39 is 10.0 Å². The smallest absolute Gasteiger partial charge is 0.243 e. The first-order chi connectivity index (χ1) is 14.9. The van der Waals surface area contributed by atoms with Crippen LogP contribution in [-0.4, -0.2) is 61.7 Å². The summed E-state index contributed by atoms with van der Waals surface area (Å²) in [6, 6.07) is 5.49. The van der Waals surface area contributed by atoms with E-state index in [0.717, 1.165) is 62.6 Å². The number of rotatable bonds is 4. The van der Waals surface area contributed by atoms with Gasteiger partial charge in [0.05, 0.1) is 10.8 Å². The molecule has 3 heterocycles. The van der Waals surface area contributed by atoms with Crippen molar-refractivity contribution in [1.29, 1.82) is 0 Å². The van der Waals surface area contributed by atoms with Crippen LogP contribution in [0.4, 0.5) is 5.69 Å². The van der Waals surface area contributed by atoms with Gasteiger partial charge in [-0.15, -0.1) is 0 Å². The molecular weight excluding hydrogens is 414 g/mol. The van der Waals surface area contributed by atoms with E-state index in [1.807, 2.05) is 4.90 Å². The van der Waals surface area contributed by atoms with Gasteiger partial charge in [-0.3, -0.25) is 9.59 Å². The van der Waals surface area contributed by atoms with Gasteiger partial charge in [0.15, 0.2) is 0 Å². The number of aryl methyl sites for hydroxylation is 1. The molecule has 2 amide bonds. The minimum absolute atomic E-state index is 0.00458. The highest BCUT2D eigenvalue weighted by molar-refractivity contribution is 7.89. The van der Waals surface area contributed by atoms with Gasteiger partial charge in [-0.05, 0) is 62.3 Å². The molecule has 3 fully saturated rings. The summed E-state index contributed by atoms with van der Waals surface area (Å²) in [6.07, 6.45) is 8.10. The standard InChI is InChI=1S/C23H31N3O4S/c27-22-15-18(16-26(22)19-7-1-2-8-19)23(28)25-13-5-6-17-14-20(9-10-21(17)25)31(29,30)24-11-3-4-12-24/h9-10,14,18-19H,1-8,11-13,15-16H2. The van der Waals surface area contributed by atoms with Crippen molar-refractivity contribution in [3.05, 3.63) is 23.8 Å². The first-order valence-electron chi connectivity index (χ1n) is 11.7. The number of fused-ring (bicyclic) bond motifs is 1. The highest BCUT2D eigenvalue weighted by atomic mass is 32.2. The van der Waals surface area contributed by atoms with Crippen molar-refractivity contribution < 1.29 is 18.0 Å². The second-order valence-corrected chi connectivity index (χ2v) is 11.3. The average Bonchev–Trinajstić information content (AvgIpc) is 3.53. The Hall–Kier alpha value is -1.93. The van der Waals surface area contributed by atoms with Crippen LogP contribution in [0.15, 0.2) is 23.1 Å². The number of benzene rings is 1. The maximum Gasteiger partial charge on any atom is 0.243 e. The molecule has 1 aromatic rings. The minimum atomic E-state index is -3.47. The second-order valence-electron chi connectivity index (χ2n) is 9.38. The molecule has 3 aliphatic heterocycles. The summed E-state index contributed by atoms with van der Waals surface area (Å²) in [7, 11) is -3.47. The Morgan fingerprint density at radius 1 is 0.968 bits per heavy atom. The fraction of sp³-hybridized carbons (Fsp3) is 0.652. The Bertz CT molecular complexity index is 981. The molecular formula is C23H31N3O4S. The lowest BCUT2D eigenvalue weighted by Gasteiger charge is -2.32. The van der Waals surface area contributed by atoms with E-state index in [-0.39, 0.29) is 17.7 Å². The van der Waals surface area contributed by atoms with Crippen molar-refractivity contribution in [1.82, 2.24) is 9.21 Å². The molecule has 2 saturated heterocycles. The van der Waals surface area contributed by atoms with Crippen LogP contribution in [0.5, 0.6) is 0 Å². The van der Waals surface area contributed by atoms with E-state index in [4.69, 9.17) is 0 Å². The molecule has 0 radical (unpaired) electrons. The Labute approximate surface area is 184 Å². The van der Waals surface area contributed by atoms with Crippen LogP contribution in [0.1, 0.15) is 56.9 Å². The third-order valence-electron chi connectivity index (χ3n) is 7.41. The monoisotopic (exact) mass is 445 g/mol. The SMILES string of the molecule is O=C(C1CC(=O)N(C2CCCC2)C1)N1CCCc2cc(S(=O)(=O)N3CCCC3)ccc21. The summed E-state index contributed by atoms with van der Waals surface area (Å²) < 4.78 is 27.4. The number of anilines is 1. The highest BCUT2D eigenvalue weighted by Gasteiger charge is 2.41. The largest absolute Gasteiger partial charge is 0.339 e. The Morgan fingerprint density at radius 2 is 1.71 bits per heavy atom. The topological polar surface area (TPSA) is 78.0 Å². The third kappa shape index (κ3) is 3.78. The summed E-state index contributed by atoms with van der Waals surface area (Å²) in [5.74, 6) is -0.188. The zero-order chi connectivity index (χ0) is 21.6. The zero-order valence-electron chi connectivity index (χ0n) is 18.0. The quantitative estimate of drug-likeness (QED) is 0.714. The molecule has 31 heavy (non-hydrogen) atoms. The molecule has 1 saturated carbocycles. The molecule has 7 nitrogen and oxygen atoms in total. The van der Waals surface area contributed by atoms with Gasteiger partial charge in [0.1, 0.15) is 0 Å². The van der Waals surface area contributed by atoms with Gasteiger partial charge in [0.2, 0.25) is 21.8 Å². The van der Waals surface area contributed by atoms with E-state index in [0.29, 0.717) is 43.5 Å². The van der Waals surface area contributed by atoms with Crippen molar-refractivity contribution in [2.75, 3.05) is 31.1 Å². The van der Waals surface area contributed by atoms with Gasteiger partial charge in [-0.2, -0.15) is 4.31 Å². The lowest BCUT2D eigenvalue weighted by atomic mass is 9.99. The van der Waals surface area contributed by atoms with Gasteiger partial charge in [0, 0.05) is 44.3 Å². The van der Waals surface area contributed by atoms with Crippen LogP contribution < -0.4 is 4.90 Å². The number of nitrogens with zero attached hydrogens (tertiary/aromatic N) is 3. The number of carbonyl (C=O) groups excluding carboxylic acids is 2. The Kier molecular flexibility index (Phi) is 5.54. The summed E-state index contributed by atoms with van der Waals surface area (Å²) in [5, 5.41) is 0. The Morgan fingerprint density at radius 3 is 2.45 bits per heavy atom. The van der Waals surface area contributed by atoms with Gasteiger partial charge in [-0.25, -0.2) is 8.42 Å². The predicted octanol–water partition coefficient (Wildman–Crippen LogP) is 2.54. The number of likely N-dealkylation sites (tertiary alicyclic amines) is 1. The van der Waals surface area contributed by atoms with Crippen LogP contribution >= 0.6 is 0 Å². The molecule has 168 valence electrons. The normalized spacial score (nSPS) is 25.4. The van der Waals surface area contributed by atoms with E-state index in [9.17, 15) is 18.0 Å². The molecule has 1 aliphatic carbocycles. The molecule has 1 atom stereocenters. The van der Waals surface area contributed by atoms with E-state index >= 15 is 0 Å². The van der Waals surface area contributed by atoms with Crippen molar-refractivity contribution in [3.8, 4) is 0 Å². The summed E-state index contributed by atoms with van der Waals surface area (Å²) in [6.45, 7) is 2.31. The van der Waals surface area contributed by atoms with Crippen LogP contribution in [-0.2, 0) is 26.0 Å². The molecule has 5 rings (SSSR count). The van der Waals surface area contributed by atoms with Crippen molar-refractivity contribution in [2.45, 2.75) is 68.7 Å². The molecule has 0 N–H and O–H groups in total. The lowest BCUT2D eigenvalue weighted by molar-refractivity contribution is -0.130. The lowest BCUT2D eigenvalue weighted by Crippen LogP contribution is -2.41. The number of hydrogen-bond donors (Lipinski definition) is 0. The van der Waals surface area contributed by atoms with E-state index in [1.54, 1.807) is 27.4 Å². The van der Waals surface area contributed by atoms with Crippen molar-refractivity contribution in [3.63, 3.8) is 0 Å². The van der Waals surface area contributed by atoms with Gasteiger partial charge < -0.3 is 9.80 Å². The fourth-order valence-corrected chi connectivity index (χ4v) is 7.29. The zero-order valence-corrected chi connectivity index (χ0v) is 18.8. The van der Waals surface area contributed by atoms with Crippen LogP contribution in [0, 0.1) is 5.92 Å². The molecule has 1 aromatic carbocycles. The second kappa shape index (κ2) is 8.20. The van der Waals surface area contributed by atoms with Crippen molar-refractivity contribution >= 4 is 27.5 Å². The highest BCUT2D eigenvalue weighted by Crippen LogP contribution is 2.35. The number of carbonyl (C=O) groups is 2. The number of sulfonamides is 1. The first-order valence-corrected chi connectivity index (χ1v) is 13.1. The molecule has 8 heteroatoms. The molecule has 4 aliphatic rings. The number of amides is 2. The van der Waals surface area contributed by atoms with Gasteiger partial charge in [-0.1, -0.05) is 12.8 Å².